The average Bonchev–Trinajstić information content (AvgIpc) is 3.15. The van der Waals surface area contributed by atoms with Gasteiger partial charge in [-0.15, -0.1) is 0 Å². The minimum atomic E-state index is 0.431. The highest BCUT2D eigenvalue weighted by atomic mass is 16.5. The highest BCUT2D eigenvalue weighted by Crippen LogP contribution is 2.38. The van der Waals surface area contributed by atoms with Crippen LogP contribution in [0.25, 0.3) is 0 Å². The van der Waals surface area contributed by atoms with Gasteiger partial charge in [-0.25, -0.2) is 0 Å². The van der Waals surface area contributed by atoms with E-state index in [0.717, 1.165) is 5.69 Å². The standard InChI is InChI=1S/C9H8N2.C3H6O2/c10-5-7-1-4-9(11-6-7)8-2-3-8;1-2-5-3-4/h1,4,6,8H,2-3H2;3H,2H2,1H3. The molecule has 16 heavy (non-hydrogen) atoms. The highest BCUT2D eigenvalue weighted by Gasteiger charge is 2.24. The van der Waals surface area contributed by atoms with Crippen molar-refractivity contribution in [3.8, 4) is 6.07 Å². The van der Waals surface area contributed by atoms with Crippen molar-refractivity contribution in [2.75, 3.05) is 6.61 Å². The predicted octanol–water partition coefficient (Wildman–Crippen LogP) is 2.01. The number of nitriles is 1. The Morgan fingerprint density at radius 3 is 2.69 bits per heavy atom. The maximum Gasteiger partial charge on any atom is 0.293 e. The van der Waals surface area contributed by atoms with Crippen molar-refractivity contribution in [1.82, 2.24) is 4.98 Å². The fraction of sp³-hybridized carbons (Fsp3) is 0.417. The van der Waals surface area contributed by atoms with Crippen molar-refractivity contribution in [2.24, 2.45) is 0 Å². The summed E-state index contributed by atoms with van der Waals surface area (Å²) in [5, 5.41) is 8.49. The molecule has 1 aliphatic rings. The average molecular weight is 218 g/mol. The molecule has 1 aromatic rings. The second kappa shape index (κ2) is 6.57. The van der Waals surface area contributed by atoms with E-state index in [-0.39, 0.29) is 0 Å². The maximum absolute atomic E-state index is 9.18. The van der Waals surface area contributed by atoms with Crippen molar-refractivity contribution in [1.29, 1.82) is 5.26 Å². The summed E-state index contributed by atoms with van der Waals surface area (Å²) >= 11 is 0. The summed E-state index contributed by atoms with van der Waals surface area (Å²) in [5.41, 5.74) is 1.79. The van der Waals surface area contributed by atoms with Gasteiger partial charge < -0.3 is 4.74 Å². The molecule has 0 N–H and O–H groups in total. The van der Waals surface area contributed by atoms with E-state index in [4.69, 9.17) is 5.26 Å². The van der Waals surface area contributed by atoms with E-state index in [9.17, 15) is 4.79 Å². The Morgan fingerprint density at radius 1 is 1.62 bits per heavy atom. The normalized spacial score (nSPS) is 13.0. The second-order valence-corrected chi connectivity index (χ2v) is 3.41. The first-order valence-electron chi connectivity index (χ1n) is 5.23. The Balaban J connectivity index is 0.000000221. The van der Waals surface area contributed by atoms with Gasteiger partial charge in [0.05, 0.1) is 12.2 Å². The molecule has 0 aliphatic heterocycles. The van der Waals surface area contributed by atoms with Gasteiger partial charge >= 0.3 is 0 Å². The minimum absolute atomic E-state index is 0.431. The first kappa shape index (κ1) is 12.2. The number of rotatable bonds is 3. The van der Waals surface area contributed by atoms with Crippen molar-refractivity contribution in [3.63, 3.8) is 0 Å². The SMILES string of the molecule is CCOC=O.N#Cc1ccc(C2CC2)nc1. The lowest BCUT2D eigenvalue weighted by Gasteiger charge is -1.94. The van der Waals surface area contributed by atoms with Crippen LogP contribution in [0.15, 0.2) is 18.3 Å². The summed E-state index contributed by atoms with van der Waals surface area (Å²) in [5.74, 6) is 0.683. The van der Waals surface area contributed by atoms with Crippen molar-refractivity contribution in [3.05, 3.63) is 29.6 Å². The fourth-order valence-electron chi connectivity index (χ4n) is 1.16. The molecular formula is C12H14N2O2. The van der Waals surface area contributed by atoms with E-state index in [1.807, 2.05) is 12.1 Å². The molecular weight excluding hydrogens is 204 g/mol. The smallest absolute Gasteiger partial charge is 0.293 e. The number of nitrogens with zero attached hydrogens (tertiary/aromatic N) is 2. The van der Waals surface area contributed by atoms with Crippen LogP contribution in [0.4, 0.5) is 0 Å². The summed E-state index contributed by atoms with van der Waals surface area (Å²) in [4.78, 5) is 13.4. The molecule has 1 fully saturated rings. The van der Waals surface area contributed by atoms with Crippen molar-refractivity contribution >= 4 is 6.47 Å². The summed E-state index contributed by atoms with van der Waals surface area (Å²) in [6, 6.07) is 5.84. The topological polar surface area (TPSA) is 63.0 Å². The van der Waals surface area contributed by atoms with Gasteiger partial charge in [0, 0.05) is 17.8 Å². The number of hydrogen-bond donors (Lipinski definition) is 0. The lowest BCUT2D eigenvalue weighted by atomic mass is 10.2. The zero-order valence-corrected chi connectivity index (χ0v) is 9.22. The Morgan fingerprint density at radius 2 is 2.38 bits per heavy atom. The Kier molecular flexibility index (Phi) is 5.00. The highest BCUT2D eigenvalue weighted by molar-refractivity contribution is 5.36. The van der Waals surface area contributed by atoms with E-state index < -0.39 is 0 Å². The molecule has 0 atom stereocenters. The second-order valence-electron chi connectivity index (χ2n) is 3.41. The van der Waals surface area contributed by atoms with E-state index in [0.29, 0.717) is 24.6 Å². The number of ether oxygens (including phenoxy) is 1. The van der Waals surface area contributed by atoms with Gasteiger partial charge in [0.1, 0.15) is 6.07 Å². The third-order valence-corrected chi connectivity index (χ3v) is 2.15. The number of pyridine rings is 1. The van der Waals surface area contributed by atoms with Gasteiger partial charge in [0.2, 0.25) is 0 Å². The molecule has 0 aromatic carbocycles. The van der Waals surface area contributed by atoms with E-state index in [1.165, 1.54) is 12.8 Å². The molecule has 1 heterocycles. The molecule has 4 heteroatoms. The number of carbonyl (C=O) groups is 1. The number of aromatic nitrogens is 1. The van der Waals surface area contributed by atoms with Crippen LogP contribution in [0.1, 0.15) is 36.9 Å². The van der Waals surface area contributed by atoms with E-state index in [2.05, 4.69) is 15.8 Å². The molecule has 1 saturated carbocycles. The summed E-state index contributed by atoms with van der Waals surface area (Å²) in [7, 11) is 0. The Labute approximate surface area is 94.9 Å². The van der Waals surface area contributed by atoms with Gasteiger partial charge in [-0.05, 0) is 31.9 Å². The zero-order chi connectivity index (χ0) is 11.8. The fourth-order valence-corrected chi connectivity index (χ4v) is 1.16. The van der Waals surface area contributed by atoms with Crippen LogP contribution < -0.4 is 0 Å². The Hall–Kier alpha value is -1.89. The molecule has 84 valence electrons. The Bertz CT molecular complexity index is 364. The molecule has 0 saturated heterocycles. The van der Waals surface area contributed by atoms with Crippen LogP contribution in [0, 0.1) is 11.3 Å². The molecule has 0 bridgehead atoms. The van der Waals surface area contributed by atoms with Crippen LogP contribution in [-0.4, -0.2) is 18.1 Å². The molecule has 4 nitrogen and oxygen atoms in total. The maximum atomic E-state index is 9.18. The molecule has 1 aliphatic carbocycles. The zero-order valence-electron chi connectivity index (χ0n) is 9.22. The first-order valence-corrected chi connectivity index (χ1v) is 5.23. The van der Waals surface area contributed by atoms with Gasteiger partial charge in [-0.2, -0.15) is 5.26 Å². The van der Waals surface area contributed by atoms with Crippen LogP contribution >= 0.6 is 0 Å². The summed E-state index contributed by atoms with van der Waals surface area (Å²) < 4.78 is 4.15. The van der Waals surface area contributed by atoms with Gasteiger partial charge in [-0.3, -0.25) is 9.78 Å². The minimum Gasteiger partial charge on any atom is -0.468 e. The molecule has 0 spiro atoms. The summed E-state index contributed by atoms with van der Waals surface area (Å²) in [6.07, 6.45) is 4.17. The van der Waals surface area contributed by atoms with E-state index >= 15 is 0 Å². The van der Waals surface area contributed by atoms with Gasteiger partial charge in [0.15, 0.2) is 0 Å². The van der Waals surface area contributed by atoms with Crippen molar-refractivity contribution in [2.45, 2.75) is 25.7 Å². The predicted molar refractivity (Wildman–Crippen MR) is 58.6 cm³/mol. The first-order chi connectivity index (χ1) is 7.81. The van der Waals surface area contributed by atoms with Crippen LogP contribution in [-0.2, 0) is 9.53 Å². The molecule has 1 aromatic heterocycles. The molecule has 0 unspecified atom stereocenters. The van der Waals surface area contributed by atoms with Gasteiger partial charge in [-0.1, -0.05) is 0 Å². The lowest BCUT2D eigenvalue weighted by molar-refractivity contribution is -0.128. The van der Waals surface area contributed by atoms with E-state index in [1.54, 1.807) is 13.1 Å². The monoisotopic (exact) mass is 218 g/mol. The third-order valence-electron chi connectivity index (χ3n) is 2.15. The molecule has 0 amide bonds. The molecule has 0 radical (unpaired) electrons. The largest absolute Gasteiger partial charge is 0.468 e. The van der Waals surface area contributed by atoms with Crippen LogP contribution in [0.5, 0.6) is 0 Å². The van der Waals surface area contributed by atoms with Gasteiger partial charge in [0.25, 0.3) is 6.47 Å². The van der Waals surface area contributed by atoms with Crippen molar-refractivity contribution < 1.29 is 9.53 Å². The van der Waals surface area contributed by atoms with Crippen LogP contribution in [0.3, 0.4) is 0 Å². The lowest BCUT2D eigenvalue weighted by Crippen LogP contribution is -1.85. The summed E-state index contributed by atoms with van der Waals surface area (Å²) in [6.45, 7) is 2.66. The number of hydrogen-bond acceptors (Lipinski definition) is 4. The number of carbonyl (C=O) groups excluding carboxylic acids is 1. The quantitative estimate of drug-likeness (QED) is 0.728. The molecule has 2 rings (SSSR count). The third kappa shape index (κ3) is 4.09. The van der Waals surface area contributed by atoms with Crippen LogP contribution in [0.2, 0.25) is 0 Å².